The van der Waals surface area contributed by atoms with Gasteiger partial charge in [-0.15, -0.1) is 0 Å². The predicted octanol–water partition coefficient (Wildman–Crippen LogP) is 3.61. The topological polar surface area (TPSA) is 61.8 Å². The number of nitrogens with one attached hydrogen (secondary N) is 2. The fourth-order valence-electron chi connectivity index (χ4n) is 5.18. The first-order valence-corrected chi connectivity index (χ1v) is 11.7. The Balaban J connectivity index is 1.42. The summed E-state index contributed by atoms with van der Waals surface area (Å²) in [5.41, 5.74) is 2.08. The molecule has 3 heterocycles. The van der Waals surface area contributed by atoms with E-state index in [0.29, 0.717) is 12.1 Å². The first-order valence-electron chi connectivity index (χ1n) is 11.7. The first-order chi connectivity index (χ1) is 15.3. The highest BCUT2D eigenvalue weighted by Gasteiger charge is 2.33. The number of hydrogen-bond acceptors (Lipinski definition) is 6. The minimum Gasteiger partial charge on any atom is -0.378 e. The van der Waals surface area contributed by atoms with Crippen LogP contribution in [0.2, 0.25) is 0 Å². The molecule has 6 heteroatoms. The van der Waals surface area contributed by atoms with Gasteiger partial charge >= 0.3 is 0 Å². The van der Waals surface area contributed by atoms with Gasteiger partial charge in [-0.05, 0) is 37.5 Å². The van der Waals surface area contributed by atoms with E-state index in [9.17, 15) is 0 Å². The van der Waals surface area contributed by atoms with E-state index in [-0.39, 0.29) is 6.10 Å². The molecule has 0 radical (unpaired) electrons. The van der Waals surface area contributed by atoms with Gasteiger partial charge in [0.05, 0.1) is 17.2 Å². The lowest BCUT2D eigenvalue weighted by atomic mass is 9.92. The molecule has 6 nitrogen and oxygen atoms in total. The minimum absolute atomic E-state index is 0.151. The second-order valence-corrected chi connectivity index (χ2v) is 8.91. The molecular formula is C25H33N5O. The largest absolute Gasteiger partial charge is 0.378 e. The number of aliphatic imine (C=N–C) groups is 1. The number of fused-ring (bicyclic) bond motifs is 1. The Morgan fingerprint density at radius 2 is 2.00 bits per heavy atom. The first kappa shape index (κ1) is 20.5. The third-order valence-electron chi connectivity index (χ3n) is 6.87. The van der Waals surface area contributed by atoms with Crippen LogP contribution < -0.4 is 15.5 Å². The number of hydrogen-bond donors (Lipinski definition) is 2. The molecule has 2 aliphatic heterocycles. The Morgan fingerprint density at radius 3 is 2.81 bits per heavy atom. The van der Waals surface area contributed by atoms with E-state index in [1.54, 1.807) is 0 Å². The van der Waals surface area contributed by atoms with Crippen molar-refractivity contribution in [3.8, 4) is 0 Å². The highest BCUT2D eigenvalue weighted by Crippen LogP contribution is 2.28. The van der Waals surface area contributed by atoms with Crippen LogP contribution in [-0.4, -0.2) is 55.8 Å². The monoisotopic (exact) mass is 419 g/mol. The van der Waals surface area contributed by atoms with Gasteiger partial charge in [-0.3, -0.25) is 0 Å². The van der Waals surface area contributed by atoms with Crippen molar-refractivity contribution in [3.63, 3.8) is 0 Å². The normalized spacial score (nSPS) is 24.8. The second kappa shape index (κ2) is 9.37. The number of aromatic nitrogens is 1. The Hall–Kier alpha value is -2.44. The molecule has 0 amide bonds. The maximum absolute atomic E-state index is 5.98. The fourth-order valence-corrected chi connectivity index (χ4v) is 5.18. The molecule has 2 fully saturated rings. The quantitative estimate of drug-likeness (QED) is 0.775. The number of piperidine rings is 1. The zero-order valence-corrected chi connectivity index (χ0v) is 18.4. The van der Waals surface area contributed by atoms with Gasteiger partial charge in [0.1, 0.15) is 11.7 Å². The molecule has 2 aromatic rings. The van der Waals surface area contributed by atoms with Crippen LogP contribution in [0.15, 0.2) is 47.6 Å². The Labute approximate surface area is 184 Å². The van der Waals surface area contributed by atoms with Gasteiger partial charge in [-0.25, -0.2) is 9.98 Å². The molecule has 31 heavy (non-hydrogen) atoms. The molecule has 1 aromatic carbocycles. The van der Waals surface area contributed by atoms with Crippen LogP contribution >= 0.6 is 0 Å². The second-order valence-electron chi connectivity index (χ2n) is 8.91. The number of pyridine rings is 1. The number of para-hydroxylation sites is 1. The van der Waals surface area contributed by atoms with Crippen LogP contribution in [0.5, 0.6) is 0 Å². The van der Waals surface area contributed by atoms with E-state index in [2.05, 4.69) is 50.9 Å². The molecular weight excluding hydrogens is 386 g/mol. The standard InChI is InChI=1S/C25H33N5O/c1-31-23-17-30(15-12-22(23)28-19-9-3-2-4-10-19)25-20(24-26-13-7-14-27-24)16-18-8-5-6-11-21(18)29-25/h5-8,11,13,16,19,22-23,28H,2-4,9-10,12,14-15,17H2,1H3,(H,26,27). The SMILES string of the molecule is COC1CN(c2nc3ccccc3cc2C2=NC=CCN2)CCC1NC1CCCCC1. The van der Waals surface area contributed by atoms with E-state index in [0.717, 1.165) is 54.2 Å². The smallest absolute Gasteiger partial charge is 0.140 e. The summed E-state index contributed by atoms with van der Waals surface area (Å²) in [4.78, 5) is 12.1. The molecule has 0 spiro atoms. The summed E-state index contributed by atoms with van der Waals surface area (Å²) in [5, 5.41) is 8.48. The molecule has 1 aliphatic carbocycles. The van der Waals surface area contributed by atoms with Gasteiger partial charge in [-0.2, -0.15) is 0 Å². The number of benzene rings is 1. The molecule has 2 N–H and O–H groups in total. The number of ether oxygens (including phenoxy) is 1. The van der Waals surface area contributed by atoms with E-state index < -0.39 is 0 Å². The van der Waals surface area contributed by atoms with E-state index in [1.165, 1.54) is 32.1 Å². The fraction of sp³-hybridized carbons (Fsp3) is 0.520. The average molecular weight is 420 g/mol. The Bertz CT molecular complexity index is 966. The highest BCUT2D eigenvalue weighted by atomic mass is 16.5. The molecule has 0 bridgehead atoms. The molecule has 1 saturated carbocycles. The van der Waals surface area contributed by atoms with Gasteiger partial charge in [0.25, 0.3) is 0 Å². The van der Waals surface area contributed by atoms with Crippen molar-refractivity contribution in [2.24, 2.45) is 4.99 Å². The summed E-state index contributed by atoms with van der Waals surface area (Å²) in [7, 11) is 1.84. The van der Waals surface area contributed by atoms with E-state index in [1.807, 2.05) is 19.4 Å². The van der Waals surface area contributed by atoms with Crippen molar-refractivity contribution >= 4 is 22.6 Å². The van der Waals surface area contributed by atoms with E-state index >= 15 is 0 Å². The summed E-state index contributed by atoms with van der Waals surface area (Å²) in [6, 6.07) is 11.6. The lowest BCUT2D eigenvalue weighted by molar-refractivity contribution is 0.0534. The van der Waals surface area contributed by atoms with Crippen LogP contribution in [0.3, 0.4) is 0 Å². The van der Waals surface area contributed by atoms with Gasteiger partial charge in [0.15, 0.2) is 0 Å². The van der Waals surface area contributed by atoms with Crippen molar-refractivity contribution in [3.05, 3.63) is 48.2 Å². The molecule has 164 valence electrons. The molecule has 1 saturated heterocycles. The maximum atomic E-state index is 5.98. The van der Waals surface area contributed by atoms with Crippen molar-refractivity contribution < 1.29 is 4.74 Å². The van der Waals surface area contributed by atoms with Crippen LogP contribution in [0.25, 0.3) is 10.9 Å². The summed E-state index contributed by atoms with van der Waals surface area (Å²) in [6.45, 7) is 2.59. The average Bonchev–Trinajstić information content (AvgIpc) is 2.84. The molecule has 1 aromatic heterocycles. The third-order valence-corrected chi connectivity index (χ3v) is 6.87. The maximum Gasteiger partial charge on any atom is 0.140 e. The summed E-state index contributed by atoms with van der Waals surface area (Å²) in [6.07, 6.45) is 11.8. The van der Waals surface area contributed by atoms with Crippen LogP contribution in [0.4, 0.5) is 5.82 Å². The number of rotatable bonds is 5. The summed E-state index contributed by atoms with van der Waals surface area (Å²) >= 11 is 0. The lowest BCUT2D eigenvalue weighted by Crippen LogP contribution is -2.56. The number of amidine groups is 1. The summed E-state index contributed by atoms with van der Waals surface area (Å²) < 4.78 is 5.98. The zero-order chi connectivity index (χ0) is 21.0. The summed E-state index contributed by atoms with van der Waals surface area (Å²) in [5.74, 6) is 1.89. The van der Waals surface area contributed by atoms with Crippen LogP contribution in [-0.2, 0) is 4.74 Å². The number of nitrogens with zero attached hydrogens (tertiary/aromatic N) is 3. The molecule has 3 aliphatic rings. The van der Waals surface area contributed by atoms with Gasteiger partial charge in [0.2, 0.25) is 0 Å². The number of anilines is 1. The van der Waals surface area contributed by atoms with Crippen molar-refractivity contribution in [2.45, 2.75) is 56.7 Å². The number of methoxy groups -OCH3 is 1. The highest BCUT2D eigenvalue weighted by molar-refractivity contribution is 6.06. The van der Waals surface area contributed by atoms with Gasteiger partial charge in [-0.1, -0.05) is 37.5 Å². The lowest BCUT2D eigenvalue weighted by Gasteiger charge is -2.41. The Morgan fingerprint density at radius 1 is 1.13 bits per heavy atom. The molecule has 2 atom stereocenters. The van der Waals surface area contributed by atoms with Crippen LogP contribution in [0.1, 0.15) is 44.1 Å². The van der Waals surface area contributed by atoms with E-state index in [4.69, 9.17) is 9.72 Å². The van der Waals surface area contributed by atoms with Gasteiger partial charge < -0.3 is 20.3 Å². The van der Waals surface area contributed by atoms with Gasteiger partial charge in [0, 0.05) is 50.4 Å². The molecule has 5 rings (SSSR count). The van der Waals surface area contributed by atoms with Crippen molar-refractivity contribution in [2.75, 3.05) is 31.6 Å². The predicted molar refractivity (Wildman–Crippen MR) is 127 cm³/mol. The van der Waals surface area contributed by atoms with Crippen molar-refractivity contribution in [1.82, 2.24) is 15.6 Å². The molecule has 2 unspecified atom stereocenters. The zero-order valence-electron chi connectivity index (χ0n) is 18.4. The minimum atomic E-state index is 0.151. The van der Waals surface area contributed by atoms with Crippen LogP contribution in [0, 0.1) is 0 Å². The third kappa shape index (κ3) is 4.46. The Kier molecular flexibility index (Phi) is 6.18. The van der Waals surface area contributed by atoms with Crippen molar-refractivity contribution in [1.29, 1.82) is 0 Å².